The molecule has 0 saturated carbocycles. The lowest BCUT2D eigenvalue weighted by atomic mass is 10.3. The maximum atomic E-state index is 11.7. The van der Waals surface area contributed by atoms with Crippen molar-refractivity contribution in [3.63, 3.8) is 0 Å². The van der Waals surface area contributed by atoms with Gasteiger partial charge in [0.2, 0.25) is 0 Å². The molecule has 5 heteroatoms. The van der Waals surface area contributed by atoms with Crippen molar-refractivity contribution in [3.05, 3.63) is 28.5 Å². The van der Waals surface area contributed by atoms with E-state index in [1.807, 2.05) is 0 Å². The molecule has 1 heterocycles. The van der Waals surface area contributed by atoms with E-state index in [9.17, 15) is 18.0 Å². The highest BCUT2D eigenvalue weighted by atomic mass is 32.1. The van der Waals surface area contributed by atoms with Crippen LogP contribution in [0.25, 0.3) is 6.08 Å². The van der Waals surface area contributed by atoms with Gasteiger partial charge in [-0.2, -0.15) is 13.2 Å². The average molecular weight is 206 g/mol. The lowest BCUT2D eigenvalue weighted by Gasteiger charge is -1.98. The number of allylic oxidation sites excluding steroid dienone is 1. The van der Waals surface area contributed by atoms with Crippen molar-refractivity contribution in [3.8, 4) is 0 Å². The lowest BCUT2D eigenvalue weighted by molar-refractivity contribution is -0.165. The van der Waals surface area contributed by atoms with Gasteiger partial charge in [-0.1, -0.05) is 6.07 Å². The van der Waals surface area contributed by atoms with Gasteiger partial charge < -0.3 is 0 Å². The molecule has 0 fully saturated rings. The summed E-state index contributed by atoms with van der Waals surface area (Å²) in [4.78, 5) is 11.0. The minimum atomic E-state index is -4.77. The van der Waals surface area contributed by atoms with Crippen molar-refractivity contribution in [2.45, 2.75) is 6.18 Å². The largest absolute Gasteiger partial charge is 0.454 e. The van der Waals surface area contributed by atoms with Crippen molar-refractivity contribution >= 4 is 23.2 Å². The van der Waals surface area contributed by atoms with Gasteiger partial charge in [-0.15, -0.1) is 11.3 Å². The van der Waals surface area contributed by atoms with Crippen LogP contribution < -0.4 is 0 Å². The van der Waals surface area contributed by atoms with E-state index in [0.717, 1.165) is 6.08 Å². The molecule has 0 bridgehead atoms. The second-order valence-corrected chi connectivity index (χ2v) is 3.19. The Labute approximate surface area is 76.5 Å². The number of alkyl halides is 3. The summed E-state index contributed by atoms with van der Waals surface area (Å²) in [7, 11) is 0. The molecule has 0 aliphatic carbocycles. The Balaban J connectivity index is 2.65. The second kappa shape index (κ2) is 3.74. The molecule has 0 unspecified atom stereocenters. The zero-order valence-electron chi connectivity index (χ0n) is 6.34. The van der Waals surface area contributed by atoms with Gasteiger partial charge in [-0.3, -0.25) is 4.79 Å². The van der Waals surface area contributed by atoms with Crippen molar-refractivity contribution in [2.75, 3.05) is 0 Å². The maximum absolute atomic E-state index is 11.7. The third kappa shape index (κ3) is 3.02. The summed E-state index contributed by atoms with van der Waals surface area (Å²) in [6.07, 6.45) is -3.08. The van der Waals surface area contributed by atoms with E-state index in [2.05, 4.69) is 0 Å². The zero-order chi connectivity index (χ0) is 9.90. The predicted octanol–water partition coefficient (Wildman–Crippen LogP) is 2.89. The molecule has 0 aliphatic heterocycles. The molecule has 70 valence electrons. The van der Waals surface area contributed by atoms with Gasteiger partial charge in [-0.05, 0) is 23.6 Å². The first kappa shape index (κ1) is 9.98. The van der Waals surface area contributed by atoms with Gasteiger partial charge in [0.1, 0.15) is 0 Å². The number of ketones is 1. The molecule has 0 aliphatic rings. The highest BCUT2D eigenvalue weighted by Gasteiger charge is 2.35. The highest BCUT2D eigenvalue weighted by molar-refractivity contribution is 7.10. The second-order valence-electron chi connectivity index (χ2n) is 2.21. The first-order valence-corrected chi connectivity index (χ1v) is 4.21. The molecule has 1 aromatic rings. The topological polar surface area (TPSA) is 17.1 Å². The fourth-order valence-electron chi connectivity index (χ4n) is 0.638. The fourth-order valence-corrected chi connectivity index (χ4v) is 1.26. The molecule has 1 aromatic heterocycles. The lowest BCUT2D eigenvalue weighted by Crippen LogP contribution is -2.19. The Kier molecular flexibility index (Phi) is 2.87. The number of carbonyl (C=O) groups excluding carboxylic acids is 1. The normalized spacial score (nSPS) is 12.2. The number of hydrogen-bond donors (Lipinski definition) is 0. The van der Waals surface area contributed by atoms with Gasteiger partial charge in [0, 0.05) is 4.88 Å². The van der Waals surface area contributed by atoms with Crippen LogP contribution in [0.3, 0.4) is 0 Å². The van der Waals surface area contributed by atoms with Gasteiger partial charge >= 0.3 is 6.18 Å². The number of rotatable bonds is 2. The minimum Gasteiger partial charge on any atom is -0.285 e. The maximum Gasteiger partial charge on any atom is 0.454 e. The summed E-state index contributed by atoms with van der Waals surface area (Å²) in [6.45, 7) is 0. The van der Waals surface area contributed by atoms with Crippen LogP contribution in [-0.2, 0) is 4.79 Å². The van der Waals surface area contributed by atoms with Crippen molar-refractivity contribution in [2.24, 2.45) is 0 Å². The van der Waals surface area contributed by atoms with Crippen LogP contribution in [0.4, 0.5) is 13.2 Å². The van der Waals surface area contributed by atoms with Gasteiger partial charge in [0.25, 0.3) is 5.78 Å². The molecule has 13 heavy (non-hydrogen) atoms. The third-order valence-electron chi connectivity index (χ3n) is 1.22. The quantitative estimate of drug-likeness (QED) is 0.680. The summed E-state index contributed by atoms with van der Waals surface area (Å²) in [5.74, 6) is -1.83. The van der Waals surface area contributed by atoms with Crippen LogP contribution in [-0.4, -0.2) is 12.0 Å². The molecule has 1 nitrogen and oxygen atoms in total. The van der Waals surface area contributed by atoms with E-state index < -0.39 is 12.0 Å². The first-order valence-electron chi connectivity index (χ1n) is 3.33. The SMILES string of the molecule is O=C(C=Cc1cccs1)C(F)(F)F. The van der Waals surface area contributed by atoms with Crippen LogP contribution in [0.2, 0.25) is 0 Å². The summed E-state index contributed by atoms with van der Waals surface area (Å²) >= 11 is 1.27. The number of halogens is 3. The van der Waals surface area contributed by atoms with Crippen molar-refractivity contribution < 1.29 is 18.0 Å². The van der Waals surface area contributed by atoms with Crippen LogP contribution >= 0.6 is 11.3 Å². The molecule has 0 spiro atoms. The van der Waals surface area contributed by atoms with Crippen LogP contribution in [0.5, 0.6) is 0 Å². The van der Waals surface area contributed by atoms with Gasteiger partial charge in [0.15, 0.2) is 0 Å². The average Bonchev–Trinajstić information content (AvgIpc) is 2.50. The zero-order valence-corrected chi connectivity index (χ0v) is 7.15. The molecular formula is C8H5F3OS. The van der Waals surface area contributed by atoms with E-state index in [1.165, 1.54) is 11.3 Å². The first-order chi connectivity index (χ1) is 6.00. The Bertz CT molecular complexity index is 311. The summed E-state index contributed by atoms with van der Waals surface area (Å²) in [6, 6.07) is 3.33. The minimum absolute atomic E-state index is 0.534. The van der Waals surface area contributed by atoms with E-state index in [4.69, 9.17) is 0 Å². The van der Waals surface area contributed by atoms with E-state index in [0.29, 0.717) is 11.0 Å². The Morgan fingerprint density at radius 3 is 2.62 bits per heavy atom. The number of hydrogen-bond acceptors (Lipinski definition) is 2. The molecule has 0 aromatic carbocycles. The van der Waals surface area contributed by atoms with Gasteiger partial charge in [-0.25, -0.2) is 0 Å². The summed E-state index contributed by atoms with van der Waals surface area (Å²) < 4.78 is 35.0. The molecule has 0 atom stereocenters. The number of thiophene rings is 1. The Morgan fingerprint density at radius 2 is 2.15 bits per heavy atom. The monoisotopic (exact) mass is 206 g/mol. The molecular weight excluding hydrogens is 201 g/mol. The molecule has 0 amide bonds. The van der Waals surface area contributed by atoms with Crippen molar-refractivity contribution in [1.29, 1.82) is 0 Å². The number of carbonyl (C=O) groups is 1. The highest BCUT2D eigenvalue weighted by Crippen LogP contribution is 2.18. The summed E-state index contributed by atoms with van der Waals surface area (Å²) in [5.41, 5.74) is 0. The Hall–Kier alpha value is -1.10. The fraction of sp³-hybridized carbons (Fsp3) is 0.125. The standard InChI is InChI=1S/C8H5F3OS/c9-8(10,11)7(12)4-3-6-2-1-5-13-6/h1-5H. The smallest absolute Gasteiger partial charge is 0.285 e. The molecule has 0 N–H and O–H groups in total. The van der Waals surface area contributed by atoms with E-state index in [-0.39, 0.29) is 0 Å². The van der Waals surface area contributed by atoms with Crippen LogP contribution in [0.15, 0.2) is 23.6 Å². The Morgan fingerprint density at radius 1 is 1.46 bits per heavy atom. The molecule has 0 saturated heterocycles. The molecule has 0 radical (unpaired) electrons. The van der Waals surface area contributed by atoms with Gasteiger partial charge in [0.05, 0.1) is 0 Å². The van der Waals surface area contributed by atoms with Crippen LogP contribution in [0, 0.1) is 0 Å². The van der Waals surface area contributed by atoms with E-state index in [1.54, 1.807) is 17.5 Å². The van der Waals surface area contributed by atoms with E-state index >= 15 is 0 Å². The summed E-state index contributed by atoms with van der Waals surface area (Å²) in [5, 5.41) is 1.72. The predicted molar refractivity (Wildman–Crippen MR) is 44.4 cm³/mol. The van der Waals surface area contributed by atoms with Crippen LogP contribution in [0.1, 0.15) is 4.88 Å². The van der Waals surface area contributed by atoms with Crippen molar-refractivity contribution in [1.82, 2.24) is 0 Å². The third-order valence-corrected chi connectivity index (χ3v) is 2.06. The molecule has 1 rings (SSSR count).